The van der Waals surface area contributed by atoms with Crippen molar-refractivity contribution in [2.45, 2.75) is 38.1 Å². The van der Waals surface area contributed by atoms with Gasteiger partial charge in [0.2, 0.25) is 5.91 Å². The summed E-state index contributed by atoms with van der Waals surface area (Å²) < 4.78 is 1.02. The number of hydrogen-bond acceptors (Lipinski definition) is 2. The highest BCUT2D eigenvalue weighted by molar-refractivity contribution is 9.10. The zero-order valence-electron chi connectivity index (χ0n) is 10.7. The van der Waals surface area contributed by atoms with Crippen LogP contribution in [0.15, 0.2) is 28.7 Å². The highest BCUT2D eigenvalue weighted by atomic mass is 79.9. The number of nitriles is 1. The fourth-order valence-electron chi connectivity index (χ4n) is 2.43. The van der Waals surface area contributed by atoms with E-state index in [1.54, 1.807) is 0 Å². The Morgan fingerprint density at radius 3 is 2.47 bits per heavy atom. The molecule has 1 aromatic carbocycles. The summed E-state index contributed by atoms with van der Waals surface area (Å²) in [7, 11) is 0. The highest BCUT2D eigenvalue weighted by Gasteiger charge is 2.21. The Morgan fingerprint density at radius 2 is 1.89 bits per heavy atom. The average Bonchev–Trinajstić information content (AvgIpc) is 2.42. The molecule has 1 N–H and O–H groups in total. The van der Waals surface area contributed by atoms with Gasteiger partial charge in [-0.15, -0.1) is 0 Å². The summed E-state index contributed by atoms with van der Waals surface area (Å²) in [6.07, 6.45) is 4.07. The first-order valence-corrected chi connectivity index (χ1v) is 7.40. The van der Waals surface area contributed by atoms with Gasteiger partial charge in [-0.25, -0.2) is 0 Å². The lowest BCUT2D eigenvalue weighted by molar-refractivity contribution is -0.121. The first-order valence-electron chi connectivity index (χ1n) is 6.61. The second kappa shape index (κ2) is 6.72. The molecule has 0 bridgehead atoms. The maximum absolute atomic E-state index is 11.9. The summed E-state index contributed by atoms with van der Waals surface area (Å²) in [5.41, 5.74) is 1.02. The standard InChI is InChI=1S/C15H17BrN2O/c16-13-5-1-11(2-6-13)9-15(19)18-14-7-3-12(10-17)4-8-14/h1-2,5-6,12,14H,3-4,7-9H2,(H,18,19). The number of carbonyl (C=O) groups is 1. The van der Waals surface area contributed by atoms with Gasteiger partial charge in [-0.2, -0.15) is 5.26 Å². The first kappa shape index (κ1) is 14.1. The van der Waals surface area contributed by atoms with E-state index in [0.29, 0.717) is 6.42 Å². The first-order chi connectivity index (χ1) is 9.17. The quantitative estimate of drug-likeness (QED) is 0.929. The lowest BCUT2D eigenvalue weighted by Gasteiger charge is -2.25. The van der Waals surface area contributed by atoms with Crippen molar-refractivity contribution in [2.75, 3.05) is 0 Å². The lowest BCUT2D eigenvalue weighted by Crippen LogP contribution is -2.38. The molecule has 1 aliphatic rings. The van der Waals surface area contributed by atoms with Crippen molar-refractivity contribution in [2.24, 2.45) is 5.92 Å². The van der Waals surface area contributed by atoms with Crippen LogP contribution in [0.4, 0.5) is 0 Å². The second-order valence-corrected chi connectivity index (χ2v) is 5.96. The molecule has 0 radical (unpaired) electrons. The topological polar surface area (TPSA) is 52.9 Å². The van der Waals surface area contributed by atoms with Crippen molar-refractivity contribution in [3.8, 4) is 6.07 Å². The molecule has 0 aliphatic heterocycles. The summed E-state index contributed by atoms with van der Waals surface area (Å²) >= 11 is 3.38. The van der Waals surface area contributed by atoms with Gasteiger partial charge in [0.1, 0.15) is 0 Å². The molecule has 0 atom stereocenters. The molecular weight excluding hydrogens is 304 g/mol. The predicted molar refractivity (Wildman–Crippen MR) is 77.3 cm³/mol. The third-order valence-electron chi connectivity index (χ3n) is 3.55. The van der Waals surface area contributed by atoms with Crippen molar-refractivity contribution in [3.63, 3.8) is 0 Å². The summed E-state index contributed by atoms with van der Waals surface area (Å²) in [6.45, 7) is 0. The van der Waals surface area contributed by atoms with Crippen molar-refractivity contribution < 1.29 is 4.79 Å². The van der Waals surface area contributed by atoms with E-state index in [9.17, 15) is 4.79 Å². The van der Waals surface area contributed by atoms with Gasteiger partial charge in [-0.1, -0.05) is 28.1 Å². The van der Waals surface area contributed by atoms with E-state index in [2.05, 4.69) is 27.3 Å². The van der Waals surface area contributed by atoms with Gasteiger partial charge in [0.25, 0.3) is 0 Å². The molecule has 0 spiro atoms. The molecule has 0 heterocycles. The zero-order valence-corrected chi connectivity index (χ0v) is 12.3. The third-order valence-corrected chi connectivity index (χ3v) is 4.08. The van der Waals surface area contributed by atoms with Gasteiger partial charge < -0.3 is 5.32 Å². The summed E-state index contributed by atoms with van der Waals surface area (Å²) in [4.78, 5) is 11.9. The minimum atomic E-state index is 0.0720. The van der Waals surface area contributed by atoms with Crippen LogP contribution in [0.5, 0.6) is 0 Å². The molecule has 3 nitrogen and oxygen atoms in total. The number of halogens is 1. The van der Waals surface area contributed by atoms with E-state index in [4.69, 9.17) is 5.26 Å². The molecule has 100 valence electrons. The van der Waals surface area contributed by atoms with Crippen LogP contribution >= 0.6 is 15.9 Å². The minimum absolute atomic E-state index is 0.0720. The van der Waals surface area contributed by atoms with Gasteiger partial charge in [-0.05, 0) is 43.4 Å². The van der Waals surface area contributed by atoms with E-state index in [0.717, 1.165) is 35.7 Å². The molecule has 1 aliphatic carbocycles. The Balaban J connectivity index is 1.79. The van der Waals surface area contributed by atoms with Crippen LogP contribution in [-0.2, 0) is 11.2 Å². The van der Waals surface area contributed by atoms with Crippen molar-refractivity contribution in [1.82, 2.24) is 5.32 Å². The van der Waals surface area contributed by atoms with Gasteiger partial charge in [0, 0.05) is 16.4 Å². The molecule has 0 saturated heterocycles. The number of nitrogens with zero attached hydrogens (tertiary/aromatic N) is 1. The van der Waals surface area contributed by atoms with Crippen molar-refractivity contribution >= 4 is 21.8 Å². The van der Waals surface area contributed by atoms with E-state index >= 15 is 0 Å². The molecule has 19 heavy (non-hydrogen) atoms. The summed E-state index contributed by atoms with van der Waals surface area (Å²) in [5, 5.41) is 11.9. The Morgan fingerprint density at radius 1 is 1.26 bits per heavy atom. The smallest absolute Gasteiger partial charge is 0.224 e. The number of carbonyl (C=O) groups excluding carboxylic acids is 1. The lowest BCUT2D eigenvalue weighted by atomic mass is 9.87. The number of amides is 1. The molecule has 1 saturated carbocycles. The van der Waals surface area contributed by atoms with Crippen LogP contribution in [0.2, 0.25) is 0 Å². The third kappa shape index (κ3) is 4.36. The van der Waals surface area contributed by atoms with Gasteiger partial charge in [0.05, 0.1) is 12.5 Å². The molecule has 2 rings (SSSR count). The van der Waals surface area contributed by atoms with Gasteiger partial charge >= 0.3 is 0 Å². The molecule has 4 heteroatoms. The normalized spacial score (nSPS) is 22.5. The summed E-state index contributed by atoms with van der Waals surface area (Å²) in [6, 6.07) is 10.3. The Kier molecular flexibility index (Phi) is 4.98. The van der Waals surface area contributed by atoms with Crippen LogP contribution in [-0.4, -0.2) is 11.9 Å². The maximum atomic E-state index is 11.9. The highest BCUT2D eigenvalue weighted by Crippen LogP contribution is 2.23. The fraction of sp³-hybridized carbons (Fsp3) is 0.467. The van der Waals surface area contributed by atoms with Gasteiger partial charge in [0.15, 0.2) is 0 Å². The fourth-order valence-corrected chi connectivity index (χ4v) is 2.70. The van der Waals surface area contributed by atoms with Crippen LogP contribution < -0.4 is 5.32 Å². The number of benzene rings is 1. The van der Waals surface area contributed by atoms with E-state index in [1.165, 1.54) is 0 Å². The largest absolute Gasteiger partial charge is 0.353 e. The molecule has 0 unspecified atom stereocenters. The SMILES string of the molecule is N#CC1CCC(NC(=O)Cc2ccc(Br)cc2)CC1. The van der Waals surface area contributed by atoms with E-state index < -0.39 is 0 Å². The molecule has 1 aromatic rings. The minimum Gasteiger partial charge on any atom is -0.353 e. The van der Waals surface area contributed by atoms with Crippen LogP contribution in [0.25, 0.3) is 0 Å². The molecule has 1 fully saturated rings. The number of rotatable bonds is 3. The van der Waals surface area contributed by atoms with Gasteiger partial charge in [-0.3, -0.25) is 4.79 Å². The molecule has 1 amide bonds. The van der Waals surface area contributed by atoms with E-state index in [-0.39, 0.29) is 17.9 Å². The number of hydrogen-bond donors (Lipinski definition) is 1. The van der Waals surface area contributed by atoms with Crippen LogP contribution in [0, 0.1) is 17.2 Å². The maximum Gasteiger partial charge on any atom is 0.224 e. The summed E-state index contributed by atoms with van der Waals surface area (Å²) in [5.74, 6) is 0.252. The Labute approximate surface area is 122 Å². The van der Waals surface area contributed by atoms with E-state index in [1.807, 2.05) is 24.3 Å². The second-order valence-electron chi connectivity index (χ2n) is 5.05. The monoisotopic (exact) mass is 320 g/mol. The Bertz CT molecular complexity index is 470. The average molecular weight is 321 g/mol. The van der Waals surface area contributed by atoms with Crippen molar-refractivity contribution in [3.05, 3.63) is 34.3 Å². The van der Waals surface area contributed by atoms with Crippen molar-refractivity contribution in [1.29, 1.82) is 5.26 Å². The number of nitrogens with one attached hydrogen (secondary N) is 1. The van der Waals surface area contributed by atoms with Crippen LogP contribution in [0.1, 0.15) is 31.2 Å². The predicted octanol–water partition coefficient (Wildman–Crippen LogP) is 3.19. The molecular formula is C15H17BrN2O. The Hall–Kier alpha value is -1.34. The van der Waals surface area contributed by atoms with Crippen LogP contribution in [0.3, 0.4) is 0 Å². The zero-order chi connectivity index (χ0) is 13.7. The molecule has 0 aromatic heterocycles.